The highest BCUT2D eigenvalue weighted by atomic mass is 79.9. The Morgan fingerprint density at radius 2 is 1.83 bits per heavy atom. The summed E-state index contributed by atoms with van der Waals surface area (Å²) in [6, 6.07) is 9.64. The second-order valence-corrected chi connectivity index (χ2v) is 12.0. The number of hydrogen-bond acceptors (Lipinski definition) is 7. The Labute approximate surface area is 218 Å². The van der Waals surface area contributed by atoms with Crippen LogP contribution in [0.2, 0.25) is 5.02 Å². The number of benzene rings is 2. The molecule has 3 N–H and O–H groups in total. The summed E-state index contributed by atoms with van der Waals surface area (Å²) in [5.74, 6) is -0.852. The van der Waals surface area contributed by atoms with E-state index in [4.69, 9.17) is 11.6 Å². The quantitative estimate of drug-likeness (QED) is 0.365. The van der Waals surface area contributed by atoms with E-state index >= 15 is 0 Å². The van der Waals surface area contributed by atoms with Gasteiger partial charge in [0.25, 0.3) is 15.9 Å². The zero-order valence-corrected chi connectivity index (χ0v) is 22.3. The molecular formula is C22H18BrClN4O5S2. The minimum absolute atomic E-state index is 0.0511. The Hall–Kier alpha value is -2.93. The molecule has 0 atom stereocenters. The first-order valence-electron chi connectivity index (χ1n) is 10.1. The van der Waals surface area contributed by atoms with Crippen molar-refractivity contribution in [2.24, 2.45) is 0 Å². The Morgan fingerprint density at radius 1 is 1.14 bits per heavy atom. The Kier molecular flexibility index (Phi) is 6.91. The van der Waals surface area contributed by atoms with Crippen LogP contribution in [0, 0.1) is 6.92 Å². The Balaban J connectivity index is 1.49. The molecule has 0 bridgehead atoms. The predicted octanol–water partition coefficient (Wildman–Crippen LogP) is 4.75. The van der Waals surface area contributed by atoms with Crippen LogP contribution >= 0.6 is 38.9 Å². The molecule has 3 aromatic rings. The monoisotopic (exact) mass is 596 g/mol. The number of sulfonamides is 1. The van der Waals surface area contributed by atoms with E-state index in [1.165, 1.54) is 30.3 Å². The van der Waals surface area contributed by atoms with Gasteiger partial charge in [0.1, 0.15) is 4.21 Å². The SMILES string of the molecule is CNc1cc2c(cc1Br)C(=O)N(c1ccc(NC(=O)NS(=O)(=O)c3cc(Cl)c(C)s3)cc1)C(=O)C2. The fourth-order valence-corrected chi connectivity index (χ4v) is 6.62. The van der Waals surface area contributed by atoms with Crippen molar-refractivity contribution < 1.29 is 22.8 Å². The van der Waals surface area contributed by atoms with E-state index in [2.05, 4.69) is 26.6 Å². The molecule has 182 valence electrons. The minimum Gasteiger partial charge on any atom is -0.387 e. The highest BCUT2D eigenvalue weighted by Crippen LogP contribution is 2.33. The van der Waals surface area contributed by atoms with E-state index in [1.54, 1.807) is 26.1 Å². The third-order valence-electron chi connectivity index (χ3n) is 5.20. The zero-order valence-electron chi connectivity index (χ0n) is 18.3. The lowest BCUT2D eigenvalue weighted by Gasteiger charge is -2.27. The summed E-state index contributed by atoms with van der Waals surface area (Å²) in [7, 11) is -2.35. The van der Waals surface area contributed by atoms with Crippen LogP contribution in [-0.4, -0.2) is 33.3 Å². The first-order valence-corrected chi connectivity index (χ1v) is 13.5. The third kappa shape index (κ3) is 5.06. The van der Waals surface area contributed by atoms with Gasteiger partial charge >= 0.3 is 6.03 Å². The van der Waals surface area contributed by atoms with Crippen LogP contribution in [0.15, 0.2) is 51.1 Å². The number of carbonyl (C=O) groups excluding carboxylic acids is 3. The largest absolute Gasteiger partial charge is 0.387 e. The number of amides is 4. The average molecular weight is 598 g/mol. The second-order valence-electron chi connectivity index (χ2n) is 7.53. The van der Waals surface area contributed by atoms with Crippen molar-refractivity contribution in [1.82, 2.24) is 4.72 Å². The molecule has 9 nitrogen and oxygen atoms in total. The minimum atomic E-state index is -4.09. The van der Waals surface area contributed by atoms with Gasteiger partial charge in [0.15, 0.2) is 0 Å². The molecule has 0 fully saturated rings. The van der Waals surface area contributed by atoms with Crippen molar-refractivity contribution in [2.75, 3.05) is 22.6 Å². The van der Waals surface area contributed by atoms with Crippen LogP contribution in [0.25, 0.3) is 0 Å². The number of nitrogens with one attached hydrogen (secondary N) is 3. The summed E-state index contributed by atoms with van der Waals surface area (Å²) in [5, 5.41) is 5.72. The summed E-state index contributed by atoms with van der Waals surface area (Å²) in [4.78, 5) is 39.8. The van der Waals surface area contributed by atoms with Crippen LogP contribution in [0.4, 0.5) is 21.9 Å². The number of imide groups is 1. The molecule has 0 aliphatic carbocycles. The van der Waals surface area contributed by atoms with E-state index in [1.807, 2.05) is 4.72 Å². The number of anilines is 3. The zero-order chi connectivity index (χ0) is 25.5. The van der Waals surface area contributed by atoms with Crippen molar-refractivity contribution in [3.63, 3.8) is 0 Å². The fourth-order valence-electron chi connectivity index (χ4n) is 3.48. The van der Waals surface area contributed by atoms with Crippen LogP contribution in [0.5, 0.6) is 0 Å². The van der Waals surface area contributed by atoms with Gasteiger partial charge in [0, 0.05) is 33.3 Å². The number of urea groups is 1. The maximum atomic E-state index is 13.1. The summed E-state index contributed by atoms with van der Waals surface area (Å²) >= 11 is 10.3. The van der Waals surface area contributed by atoms with Gasteiger partial charge in [-0.15, -0.1) is 11.3 Å². The summed E-state index contributed by atoms with van der Waals surface area (Å²) in [6.45, 7) is 1.67. The molecule has 0 unspecified atom stereocenters. The molecule has 13 heteroatoms. The average Bonchev–Trinajstić information content (AvgIpc) is 3.14. The predicted molar refractivity (Wildman–Crippen MR) is 139 cm³/mol. The van der Waals surface area contributed by atoms with E-state index in [9.17, 15) is 22.8 Å². The van der Waals surface area contributed by atoms with E-state index < -0.39 is 22.0 Å². The van der Waals surface area contributed by atoms with Crippen molar-refractivity contribution in [3.8, 4) is 0 Å². The number of carbonyl (C=O) groups is 3. The molecule has 0 radical (unpaired) electrons. The van der Waals surface area contributed by atoms with E-state index in [0.717, 1.165) is 21.9 Å². The molecule has 1 aromatic heterocycles. The first-order chi connectivity index (χ1) is 16.5. The number of fused-ring (bicyclic) bond motifs is 1. The number of hydrogen-bond donors (Lipinski definition) is 3. The molecule has 4 rings (SSSR count). The lowest BCUT2D eigenvalue weighted by Crippen LogP contribution is -2.42. The molecule has 35 heavy (non-hydrogen) atoms. The van der Waals surface area contributed by atoms with Crippen LogP contribution in [0.3, 0.4) is 0 Å². The normalized spacial score (nSPS) is 13.4. The van der Waals surface area contributed by atoms with Crippen molar-refractivity contribution in [2.45, 2.75) is 17.6 Å². The Bertz CT molecular complexity index is 1450. The van der Waals surface area contributed by atoms with Gasteiger partial charge in [-0.25, -0.2) is 22.8 Å². The molecule has 4 amide bonds. The second kappa shape index (κ2) is 9.61. The molecule has 0 saturated carbocycles. The lowest BCUT2D eigenvalue weighted by atomic mass is 9.97. The van der Waals surface area contributed by atoms with Gasteiger partial charge < -0.3 is 10.6 Å². The number of rotatable bonds is 5. The first kappa shape index (κ1) is 25.2. The lowest BCUT2D eigenvalue weighted by molar-refractivity contribution is -0.117. The molecule has 2 aromatic carbocycles. The molecule has 0 saturated heterocycles. The van der Waals surface area contributed by atoms with E-state index in [-0.39, 0.29) is 22.2 Å². The molecule has 1 aliphatic rings. The van der Waals surface area contributed by atoms with Crippen LogP contribution in [0.1, 0.15) is 20.8 Å². The standard InChI is InChI=1S/C22H18BrClN4O5S2/c1-11-17(24)10-20(34-11)35(32,33)27-22(31)26-13-3-5-14(6-4-13)28-19(29)8-12-7-18(25-2)16(23)9-15(12)21(28)30/h3-7,9-10,25H,8H2,1-2H3,(H2,26,27,31). The number of nitrogens with zero attached hydrogens (tertiary/aromatic N) is 1. The maximum absolute atomic E-state index is 13.1. The van der Waals surface area contributed by atoms with Crippen molar-refractivity contribution >= 4 is 83.8 Å². The summed E-state index contributed by atoms with van der Waals surface area (Å²) in [6.07, 6.45) is 0.0511. The van der Waals surface area contributed by atoms with Gasteiger partial charge in [-0.3, -0.25) is 9.59 Å². The highest BCUT2D eigenvalue weighted by molar-refractivity contribution is 9.10. The maximum Gasteiger partial charge on any atom is 0.333 e. The van der Waals surface area contributed by atoms with Crippen LogP contribution < -0.4 is 20.3 Å². The van der Waals surface area contributed by atoms with Gasteiger partial charge in [-0.2, -0.15) is 0 Å². The van der Waals surface area contributed by atoms with Crippen LogP contribution in [-0.2, 0) is 21.2 Å². The Morgan fingerprint density at radius 3 is 2.43 bits per heavy atom. The van der Waals surface area contributed by atoms with Gasteiger partial charge in [0.2, 0.25) is 5.91 Å². The smallest absolute Gasteiger partial charge is 0.333 e. The summed E-state index contributed by atoms with van der Waals surface area (Å²) in [5.41, 5.74) is 2.39. The number of thiophene rings is 1. The molecule has 1 aliphatic heterocycles. The van der Waals surface area contributed by atoms with Gasteiger partial charge in [0.05, 0.1) is 17.1 Å². The number of halogens is 2. The number of aryl methyl sites for hydroxylation is 1. The van der Waals surface area contributed by atoms with Gasteiger partial charge in [-0.05, 0) is 70.9 Å². The molecule has 2 heterocycles. The fraction of sp³-hybridized carbons (Fsp3) is 0.136. The topological polar surface area (TPSA) is 125 Å². The molecular weight excluding hydrogens is 580 g/mol. The van der Waals surface area contributed by atoms with Crippen molar-refractivity contribution in [3.05, 3.63) is 68.0 Å². The molecule has 0 spiro atoms. The van der Waals surface area contributed by atoms with Crippen molar-refractivity contribution in [1.29, 1.82) is 0 Å². The van der Waals surface area contributed by atoms with Gasteiger partial charge in [-0.1, -0.05) is 11.6 Å². The van der Waals surface area contributed by atoms with E-state index in [0.29, 0.717) is 31.2 Å². The third-order valence-corrected chi connectivity index (χ3v) is 9.21. The highest BCUT2D eigenvalue weighted by Gasteiger charge is 2.33. The summed E-state index contributed by atoms with van der Waals surface area (Å²) < 4.78 is 27.3.